The number of aliphatic hydroxyl groups excluding tert-OH is 2. The number of hydrogen-bond acceptors (Lipinski definition) is 2. The molecule has 2 nitrogen and oxygen atoms in total. The lowest BCUT2D eigenvalue weighted by Crippen LogP contribution is -2.29. The Morgan fingerprint density at radius 1 is 0.944 bits per heavy atom. The summed E-state index contributed by atoms with van der Waals surface area (Å²) in [5, 5.41) is 20.4. The summed E-state index contributed by atoms with van der Waals surface area (Å²) < 4.78 is 0. The van der Waals surface area contributed by atoms with Gasteiger partial charge in [0.25, 0.3) is 0 Å². The summed E-state index contributed by atoms with van der Waals surface area (Å²) in [6.45, 7) is 0. The van der Waals surface area contributed by atoms with E-state index in [0.29, 0.717) is 21.2 Å². The van der Waals surface area contributed by atoms with E-state index in [9.17, 15) is 10.2 Å². The zero-order valence-electron chi connectivity index (χ0n) is 8.87. The predicted molar refractivity (Wildman–Crippen MR) is 75.2 cm³/mol. The van der Waals surface area contributed by atoms with Crippen LogP contribution in [-0.4, -0.2) is 22.4 Å². The van der Waals surface area contributed by atoms with Gasteiger partial charge in [0.2, 0.25) is 0 Å². The molecule has 0 radical (unpaired) electrons. The van der Waals surface area contributed by atoms with E-state index in [1.165, 1.54) is 6.08 Å². The lowest BCUT2D eigenvalue weighted by Gasteiger charge is -2.24. The molecule has 1 aliphatic carbocycles. The smallest absolute Gasteiger partial charge is 0.121 e. The Bertz CT molecular complexity index is 551. The maximum atomic E-state index is 9.77. The molecule has 96 valence electrons. The van der Waals surface area contributed by atoms with Crippen molar-refractivity contribution in [3.8, 4) is 0 Å². The first-order valence-electron chi connectivity index (χ1n) is 5.00. The molecule has 2 N–H and O–H groups in total. The second-order valence-corrected chi connectivity index (χ2v) is 5.49. The van der Waals surface area contributed by atoms with E-state index in [4.69, 9.17) is 46.4 Å². The van der Waals surface area contributed by atoms with Crippen LogP contribution in [0.1, 0.15) is 5.56 Å². The molecular weight excluding hydrogens is 318 g/mol. The molecule has 0 bridgehead atoms. The van der Waals surface area contributed by atoms with Gasteiger partial charge in [-0.05, 0) is 24.3 Å². The van der Waals surface area contributed by atoms with Crippen molar-refractivity contribution < 1.29 is 10.2 Å². The molecule has 18 heavy (non-hydrogen) atoms. The monoisotopic (exact) mass is 324 g/mol. The van der Waals surface area contributed by atoms with Crippen LogP contribution in [-0.2, 0) is 0 Å². The van der Waals surface area contributed by atoms with E-state index in [2.05, 4.69) is 0 Å². The summed E-state index contributed by atoms with van der Waals surface area (Å²) >= 11 is 23.8. The van der Waals surface area contributed by atoms with Gasteiger partial charge in [-0.3, -0.25) is 0 Å². The average Bonchev–Trinajstić information content (AvgIpc) is 2.34. The maximum Gasteiger partial charge on any atom is 0.121 e. The van der Waals surface area contributed by atoms with E-state index >= 15 is 0 Å². The van der Waals surface area contributed by atoms with Crippen LogP contribution in [0.3, 0.4) is 0 Å². The highest BCUT2D eigenvalue weighted by Crippen LogP contribution is 2.38. The van der Waals surface area contributed by atoms with Gasteiger partial charge in [0.15, 0.2) is 0 Å². The van der Waals surface area contributed by atoms with Crippen molar-refractivity contribution in [3.05, 3.63) is 49.9 Å². The minimum Gasteiger partial charge on any atom is -0.384 e. The van der Waals surface area contributed by atoms with Crippen molar-refractivity contribution >= 4 is 52.0 Å². The lowest BCUT2D eigenvalue weighted by molar-refractivity contribution is 0.0740. The summed E-state index contributed by atoms with van der Waals surface area (Å²) in [6, 6.07) is 4.88. The van der Waals surface area contributed by atoms with Gasteiger partial charge < -0.3 is 10.2 Å². The largest absolute Gasteiger partial charge is 0.384 e. The molecular formula is C12H8Cl4O2. The number of rotatable bonds is 1. The standard InChI is InChI=1S/C12H8Cl4O2/c13-5-1-2-8(14)6(3-5)7-4-9(15)11(17)12(18)10(7)16/h1-4,11-12,17-18H/t11-,12-/m1/s1. The molecule has 1 aliphatic rings. The molecule has 0 unspecified atom stereocenters. The second kappa shape index (κ2) is 5.41. The van der Waals surface area contributed by atoms with E-state index in [-0.39, 0.29) is 10.1 Å². The van der Waals surface area contributed by atoms with Crippen molar-refractivity contribution in [1.29, 1.82) is 0 Å². The number of hydrogen-bond donors (Lipinski definition) is 2. The highest BCUT2D eigenvalue weighted by molar-refractivity contribution is 6.39. The number of benzene rings is 1. The van der Waals surface area contributed by atoms with Crippen LogP contribution in [0.4, 0.5) is 0 Å². The summed E-state index contributed by atoms with van der Waals surface area (Å²) in [7, 11) is 0. The molecule has 0 saturated carbocycles. The Labute approximate surface area is 124 Å². The first-order chi connectivity index (χ1) is 8.41. The summed E-state index contributed by atoms with van der Waals surface area (Å²) in [5.41, 5.74) is 1.00. The molecule has 6 heteroatoms. The van der Waals surface area contributed by atoms with Crippen molar-refractivity contribution in [2.45, 2.75) is 12.2 Å². The van der Waals surface area contributed by atoms with Gasteiger partial charge in [-0.2, -0.15) is 0 Å². The molecule has 0 amide bonds. The van der Waals surface area contributed by atoms with Gasteiger partial charge in [-0.15, -0.1) is 0 Å². The van der Waals surface area contributed by atoms with E-state index in [0.717, 1.165) is 0 Å². The van der Waals surface area contributed by atoms with Gasteiger partial charge >= 0.3 is 0 Å². The summed E-state index contributed by atoms with van der Waals surface area (Å²) in [5.74, 6) is 0. The summed E-state index contributed by atoms with van der Waals surface area (Å²) in [6.07, 6.45) is -1.02. The zero-order chi connectivity index (χ0) is 13.4. The minimum atomic E-state index is -1.27. The first-order valence-corrected chi connectivity index (χ1v) is 6.51. The average molecular weight is 326 g/mol. The number of halogens is 4. The van der Waals surface area contributed by atoms with Crippen LogP contribution in [0.15, 0.2) is 34.3 Å². The molecule has 0 aromatic heterocycles. The van der Waals surface area contributed by atoms with Gasteiger partial charge in [-0.1, -0.05) is 46.4 Å². The lowest BCUT2D eigenvalue weighted by atomic mass is 9.96. The maximum absolute atomic E-state index is 9.77. The quantitative estimate of drug-likeness (QED) is 0.824. The van der Waals surface area contributed by atoms with Gasteiger partial charge in [0.1, 0.15) is 12.2 Å². The molecule has 2 rings (SSSR count). The molecule has 0 fully saturated rings. The minimum absolute atomic E-state index is 0.0797. The highest BCUT2D eigenvalue weighted by atomic mass is 35.5. The molecule has 1 aromatic rings. The van der Waals surface area contributed by atoms with Crippen molar-refractivity contribution in [2.24, 2.45) is 0 Å². The van der Waals surface area contributed by atoms with Crippen LogP contribution in [0.2, 0.25) is 10.0 Å². The SMILES string of the molecule is O[C@@H]1C(Cl)=CC(c2cc(Cl)ccc2Cl)=C(Cl)[C@H]1O. The first kappa shape index (κ1) is 14.2. The number of allylic oxidation sites excluding steroid dienone is 2. The van der Waals surface area contributed by atoms with Crippen molar-refractivity contribution in [1.82, 2.24) is 0 Å². The molecule has 1 aromatic carbocycles. The van der Waals surface area contributed by atoms with Gasteiger partial charge in [0.05, 0.1) is 10.1 Å². The normalized spacial score (nSPS) is 24.2. The van der Waals surface area contributed by atoms with Crippen molar-refractivity contribution in [3.63, 3.8) is 0 Å². The Balaban J connectivity index is 2.60. The molecule has 0 heterocycles. The van der Waals surface area contributed by atoms with Crippen LogP contribution in [0.5, 0.6) is 0 Å². The fourth-order valence-corrected chi connectivity index (χ4v) is 2.55. The third-order valence-corrected chi connectivity index (χ3v) is 3.92. The fourth-order valence-electron chi connectivity index (χ4n) is 1.65. The topological polar surface area (TPSA) is 40.5 Å². The second-order valence-electron chi connectivity index (χ2n) is 3.80. The molecule has 0 aliphatic heterocycles. The van der Waals surface area contributed by atoms with Gasteiger partial charge in [-0.25, -0.2) is 0 Å². The van der Waals surface area contributed by atoms with Crippen LogP contribution < -0.4 is 0 Å². The van der Waals surface area contributed by atoms with E-state index < -0.39 is 12.2 Å². The number of aliphatic hydroxyl groups is 2. The van der Waals surface area contributed by atoms with Crippen LogP contribution in [0, 0.1) is 0 Å². The van der Waals surface area contributed by atoms with Gasteiger partial charge in [0, 0.05) is 21.2 Å². The summed E-state index contributed by atoms with van der Waals surface area (Å²) in [4.78, 5) is 0. The van der Waals surface area contributed by atoms with Crippen LogP contribution >= 0.6 is 46.4 Å². The Morgan fingerprint density at radius 2 is 1.61 bits per heavy atom. The Morgan fingerprint density at radius 3 is 2.28 bits per heavy atom. The zero-order valence-corrected chi connectivity index (χ0v) is 11.9. The third kappa shape index (κ3) is 2.55. The molecule has 0 saturated heterocycles. The molecule has 2 atom stereocenters. The predicted octanol–water partition coefficient (Wildman–Crippen LogP) is 3.80. The highest BCUT2D eigenvalue weighted by Gasteiger charge is 2.30. The van der Waals surface area contributed by atoms with Crippen LogP contribution in [0.25, 0.3) is 5.57 Å². The van der Waals surface area contributed by atoms with E-state index in [1.807, 2.05) is 0 Å². The molecule has 0 spiro atoms. The third-order valence-electron chi connectivity index (χ3n) is 2.60. The van der Waals surface area contributed by atoms with Crippen molar-refractivity contribution in [2.75, 3.05) is 0 Å². The van der Waals surface area contributed by atoms with E-state index in [1.54, 1.807) is 18.2 Å². The Kier molecular flexibility index (Phi) is 4.27. The Hall–Kier alpha value is -0.220. The fraction of sp³-hybridized carbons (Fsp3) is 0.167.